The third kappa shape index (κ3) is 16.0. The fourth-order valence-electron chi connectivity index (χ4n) is 22.7. The lowest BCUT2D eigenvalue weighted by atomic mass is 9.89. The smallest absolute Gasteiger partial charge is 0.321 e. The number of likely N-dealkylation sites (N-methyl/N-ethyl adjacent to an activating group) is 1. The number of rotatable bonds is 20. The van der Waals surface area contributed by atoms with Gasteiger partial charge in [0.2, 0.25) is 0 Å². The normalized spacial score (nSPS) is 20.9. The molecule has 5 fully saturated rings. The second-order valence-electron chi connectivity index (χ2n) is 38.4. The van der Waals surface area contributed by atoms with Crippen LogP contribution in [0, 0.1) is 21.1 Å². The molecule has 0 spiro atoms. The summed E-state index contributed by atoms with van der Waals surface area (Å²) in [7, 11) is 5.23. The van der Waals surface area contributed by atoms with Gasteiger partial charge in [-0.25, -0.2) is 29.0 Å². The van der Waals surface area contributed by atoms with E-state index in [-0.39, 0.29) is 53.6 Å². The Bertz CT molecular complexity index is 7780. The maximum atomic E-state index is 14.3. The van der Waals surface area contributed by atoms with Crippen LogP contribution in [0.5, 0.6) is 17.2 Å². The van der Waals surface area contributed by atoms with Gasteiger partial charge in [0.15, 0.2) is 34.6 Å². The number of carbonyl (C=O) groups excluding carboxylic acids is 5. The zero-order valence-corrected chi connectivity index (χ0v) is 82.3. The predicted octanol–water partition coefficient (Wildman–Crippen LogP) is 19.5. The van der Waals surface area contributed by atoms with Crippen molar-refractivity contribution in [3.8, 4) is 17.2 Å². The van der Waals surface area contributed by atoms with E-state index < -0.39 is 59.8 Å². The fourth-order valence-corrected chi connectivity index (χ4v) is 23.6. The van der Waals surface area contributed by atoms with Crippen molar-refractivity contribution in [1.29, 1.82) is 0 Å². The summed E-state index contributed by atoms with van der Waals surface area (Å²) in [4.78, 5) is 88.4. The highest BCUT2D eigenvalue weighted by atomic mass is 127. The number of aromatic nitrogens is 6. The third-order valence-corrected chi connectivity index (χ3v) is 30.5. The highest BCUT2D eigenvalue weighted by Crippen LogP contribution is 2.59. The molecule has 730 valence electrons. The molecule has 1 aliphatic carbocycles. The van der Waals surface area contributed by atoms with Crippen molar-refractivity contribution in [2.24, 2.45) is 5.92 Å². The molecule has 8 aliphatic heterocycles. The molecule has 29 nitrogen and oxygen atoms in total. The molecule has 0 radical (unpaired) electrons. The molecule has 25 rings (SSSR count). The van der Waals surface area contributed by atoms with E-state index >= 15 is 0 Å². The van der Waals surface area contributed by atoms with Gasteiger partial charge in [-0.15, -0.1) is 0 Å². The minimum Gasteiger partial charge on any atom is -0.493 e. The number of likely N-dealkylation sites (tertiary alicyclic amines) is 1. The van der Waals surface area contributed by atoms with Crippen LogP contribution in [-0.4, -0.2) is 194 Å². The van der Waals surface area contributed by atoms with Gasteiger partial charge < -0.3 is 97.8 Å². The average Bonchev–Trinajstić information content (AvgIpc) is 1.49. The maximum absolute atomic E-state index is 14.3. The molecule has 4 bridgehead atoms. The molecule has 13 heterocycles. The van der Waals surface area contributed by atoms with E-state index in [1.165, 1.54) is 38.4 Å². The minimum atomic E-state index is -1.48. The zero-order chi connectivity index (χ0) is 98.1. The van der Waals surface area contributed by atoms with Gasteiger partial charge in [-0.2, -0.15) is 0 Å². The Balaban J connectivity index is 0.000000110. The van der Waals surface area contributed by atoms with Crippen molar-refractivity contribution in [2.45, 2.75) is 140 Å². The molecule has 4 saturated heterocycles. The van der Waals surface area contributed by atoms with E-state index in [1.54, 1.807) is 38.7 Å². The number of methoxy groups -OCH3 is 2. The second-order valence-corrected chi connectivity index (χ2v) is 40.1. The fraction of sp³-hybridized carbons (Fsp3) is 0.330. The topological polar surface area (TPSA) is 309 Å². The number of hydrogen-bond acceptors (Lipinski definition) is 19. The van der Waals surface area contributed by atoms with Crippen molar-refractivity contribution >= 4 is 185 Å². The summed E-state index contributed by atoms with van der Waals surface area (Å²) in [5.74, 6) is 0.395. The number of piperazine rings is 1. The van der Waals surface area contributed by atoms with Crippen molar-refractivity contribution in [3.05, 3.63) is 254 Å². The Morgan fingerprint density at radius 2 is 1.27 bits per heavy atom. The first-order valence-corrected chi connectivity index (χ1v) is 49.8. The van der Waals surface area contributed by atoms with Crippen LogP contribution in [0.15, 0.2) is 200 Å². The number of nitrogens with zero attached hydrogens (tertiary/aromatic N) is 10. The molecule has 16 aromatic rings. The summed E-state index contributed by atoms with van der Waals surface area (Å²) in [6.07, 6.45) is 8.13. The van der Waals surface area contributed by atoms with Crippen LogP contribution in [0.3, 0.4) is 0 Å². The van der Waals surface area contributed by atoms with Gasteiger partial charge in [0.1, 0.15) is 42.1 Å². The summed E-state index contributed by atoms with van der Waals surface area (Å²) >= 11 is 8.20. The van der Waals surface area contributed by atoms with Gasteiger partial charge in [-0.1, -0.05) is 109 Å². The molecule has 0 unspecified atom stereocenters. The SMILES string of the molecule is CO[C@@H]1[C@H](N(C)C(=O)c2ccccc2)C[C@H]2O[C@]1(C)n1c3ccccc3c3c4c(c5c6ccccc6n2c5c31)C(=O)NC4.COc1cc2c(N3CCN(C(=O)Nc4ccc(OC(C)C)cc4)CC3)ncnc2cc1OCCCN1CCCCC1.C[C@]12O[C@H](C[C@]1(O)CO)n1c3ccccc3c3c4c(c5c6ccccc6n2c5c31)CNC4=O.O=C(NOCC1CC1)c1ccc(F)c(F)c1Nc1ccc(I)cc1Cl. The van der Waals surface area contributed by atoms with Gasteiger partial charge in [-0.05, 0) is 210 Å². The van der Waals surface area contributed by atoms with E-state index in [0.29, 0.717) is 92.6 Å². The monoisotopic (exact) mass is 2050 g/mol. The Labute approximate surface area is 834 Å². The third-order valence-electron chi connectivity index (χ3n) is 29.5. The van der Waals surface area contributed by atoms with Crippen LogP contribution in [0.2, 0.25) is 5.02 Å². The van der Waals surface area contributed by atoms with E-state index in [4.69, 9.17) is 44.9 Å². The lowest BCUT2D eigenvalue weighted by Crippen LogP contribution is -2.61. The van der Waals surface area contributed by atoms with Crippen LogP contribution in [0.1, 0.15) is 144 Å². The van der Waals surface area contributed by atoms with Gasteiger partial charge in [-0.3, -0.25) is 24.0 Å². The summed E-state index contributed by atoms with van der Waals surface area (Å²) < 4.78 is 75.4. The number of hydrogen-bond donors (Lipinski definition) is 7. The summed E-state index contributed by atoms with van der Waals surface area (Å²) in [6.45, 7) is 15.4. The first-order valence-electron chi connectivity index (χ1n) is 48.4. The Morgan fingerprint density at radius 1 is 0.669 bits per heavy atom. The van der Waals surface area contributed by atoms with Crippen molar-refractivity contribution in [3.63, 3.8) is 0 Å². The number of hydroxylamine groups is 1. The van der Waals surface area contributed by atoms with E-state index in [9.17, 15) is 43.0 Å². The maximum Gasteiger partial charge on any atom is 0.321 e. The lowest BCUT2D eigenvalue weighted by Gasteiger charge is -2.50. The standard InChI is InChI=1S/C35H30N4O4.C31H42N6O4.C26H21N3O4.C17H14ClF2IN2O2/c1-35-32(42-3)25(37(2)34(41)19-11-5-4-6-12-19)17-26(43-35)38-23-15-9-7-13-20(23)28-29-22(18-36-33(29)40)27-21-14-8-10-16-24(21)39(35)31(27)30(28)38;1-23(2)41-25-10-8-24(9-11-25)34-31(38)37-17-15-36(16-18-37)30-26-20-28(39-3)29(21-27(26)32-22-33-30)40-19-7-14-35-12-5-4-6-13-35;1-25-26(32,12-30)10-18(33-25)28-16-8-4-2-6-13(16)20-21-15(11-27-24(21)31)19-14-7-3-5-9-17(14)29(25)23(19)22(20)28;18-12-7-10(21)3-6-14(12)22-16-11(4-5-13(19)15(16)20)17(24)23-25-8-9-1-2-9/h4-16,25-26,32H,17-18H2,1-3H3,(H,36,40);8-11,20-23H,4-7,12-19H2,1-3H3,(H,34,38);2-9,18,30,32H,10-12H2,1H3,(H,27,31);3-7,9,22H,1-2,8H2,(H,23,24)/t25-,26-,32-,35+;;18-,25+,26+;/m1.1./s1. The summed E-state index contributed by atoms with van der Waals surface area (Å²) in [6, 6.07) is 60.2. The minimum absolute atomic E-state index is 0.0446. The lowest BCUT2D eigenvalue weighted by molar-refractivity contribution is -0.264. The molecule has 1 saturated carbocycles. The number of aliphatic hydroxyl groups excluding tert-OH is 1. The van der Waals surface area contributed by atoms with Crippen molar-refractivity contribution in [2.75, 3.05) is 102 Å². The number of aliphatic hydroxyl groups is 2. The number of fused-ring (bicyclic) bond motifs is 27. The number of amides is 6. The molecule has 7 atom stereocenters. The number of piperidine rings is 1. The van der Waals surface area contributed by atoms with Crippen LogP contribution < -0.4 is 45.9 Å². The van der Waals surface area contributed by atoms with Crippen LogP contribution in [-0.2, 0) is 43.6 Å². The highest BCUT2D eigenvalue weighted by Gasteiger charge is 2.61. The van der Waals surface area contributed by atoms with Gasteiger partial charge in [0.05, 0.1) is 122 Å². The van der Waals surface area contributed by atoms with Gasteiger partial charge in [0.25, 0.3) is 23.6 Å². The molecule has 142 heavy (non-hydrogen) atoms. The number of para-hydroxylation sites is 4. The first-order chi connectivity index (χ1) is 68.9. The van der Waals surface area contributed by atoms with Crippen molar-refractivity contribution < 1.29 is 76.2 Å². The summed E-state index contributed by atoms with van der Waals surface area (Å²) in [5.41, 5.74) is 12.1. The second kappa shape index (κ2) is 37.5. The number of anilines is 4. The number of urea groups is 1. The van der Waals surface area contributed by atoms with Crippen LogP contribution in [0.4, 0.5) is 36.5 Å². The Kier molecular flexibility index (Phi) is 24.8. The molecule has 6 amide bonds. The first kappa shape index (κ1) is 93.7. The Morgan fingerprint density at radius 3 is 1.89 bits per heavy atom. The Hall–Kier alpha value is -13.3. The van der Waals surface area contributed by atoms with Crippen LogP contribution >= 0.6 is 34.2 Å². The number of ether oxygens (including phenoxy) is 6. The molecule has 11 aromatic carbocycles. The number of benzene rings is 11. The van der Waals surface area contributed by atoms with E-state index in [0.717, 1.165) is 173 Å². The van der Waals surface area contributed by atoms with Crippen molar-refractivity contribution in [1.82, 2.24) is 59.0 Å². The van der Waals surface area contributed by atoms with E-state index in [1.807, 2.05) is 171 Å². The highest BCUT2D eigenvalue weighted by molar-refractivity contribution is 14.1. The molecular formula is C109H107ClF2IN15O14. The predicted molar refractivity (Wildman–Crippen MR) is 551 cm³/mol. The zero-order valence-electron chi connectivity index (χ0n) is 79.4. The molecule has 33 heteroatoms. The van der Waals surface area contributed by atoms with Crippen LogP contribution in [0.25, 0.3) is 98.1 Å². The quantitative estimate of drug-likeness (QED) is 0.0212. The summed E-state index contributed by atoms with van der Waals surface area (Å²) in [5, 5.41) is 43.3. The number of carbonyl (C=O) groups is 5. The average molecular weight is 2050 g/mol. The van der Waals surface area contributed by atoms with Gasteiger partial charge >= 0.3 is 6.03 Å². The number of halogens is 4. The molecular weight excluding hydrogens is 1940 g/mol. The van der Waals surface area contributed by atoms with E-state index in [2.05, 4.69) is 125 Å². The largest absolute Gasteiger partial charge is 0.493 e. The molecule has 7 N–H and O–H groups in total. The van der Waals surface area contributed by atoms with Gasteiger partial charge in [0, 0.05) is 142 Å². The molecule has 9 aliphatic rings. The molecule has 5 aromatic heterocycles. The number of nitrogens with one attached hydrogen (secondary N) is 5.